The molecule has 0 spiro atoms. The summed E-state index contributed by atoms with van der Waals surface area (Å²) in [6.07, 6.45) is 2.90. The van der Waals surface area contributed by atoms with E-state index in [4.69, 9.17) is 15.2 Å². The van der Waals surface area contributed by atoms with Crippen molar-refractivity contribution in [1.29, 1.82) is 0 Å². The summed E-state index contributed by atoms with van der Waals surface area (Å²) in [6, 6.07) is -1.42. The first-order chi connectivity index (χ1) is 13.0. The van der Waals surface area contributed by atoms with Crippen molar-refractivity contribution in [2.24, 2.45) is 11.7 Å². The van der Waals surface area contributed by atoms with E-state index in [-0.39, 0.29) is 11.8 Å². The number of amides is 2. The normalized spacial score (nSPS) is 13.6. The van der Waals surface area contributed by atoms with Crippen molar-refractivity contribution in [2.45, 2.75) is 91.3 Å². The van der Waals surface area contributed by atoms with E-state index < -0.39 is 29.7 Å². The lowest BCUT2D eigenvalue weighted by Crippen LogP contribution is -2.50. The van der Waals surface area contributed by atoms with E-state index in [2.05, 4.69) is 10.6 Å². The average molecular weight is 402 g/mol. The number of unbranched alkanes of at least 4 members (excludes halogenated alkanes) is 2. The van der Waals surface area contributed by atoms with Gasteiger partial charge in [-0.3, -0.25) is 4.79 Å². The number of esters is 1. The molecular weight excluding hydrogens is 362 g/mol. The summed E-state index contributed by atoms with van der Waals surface area (Å²) in [5.41, 5.74) is 5.32. The predicted octanol–water partition coefficient (Wildman–Crippen LogP) is 2.49. The lowest BCUT2D eigenvalue weighted by atomic mass is 10.0. The number of nitrogens with two attached hydrogens (primary N) is 1. The molecule has 0 aromatic rings. The summed E-state index contributed by atoms with van der Waals surface area (Å²) in [5.74, 6) is -0.841. The summed E-state index contributed by atoms with van der Waals surface area (Å²) in [4.78, 5) is 36.1. The third-order valence-corrected chi connectivity index (χ3v) is 3.95. The van der Waals surface area contributed by atoms with Gasteiger partial charge in [-0.05, 0) is 52.4 Å². The highest BCUT2D eigenvalue weighted by molar-refractivity contribution is 5.87. The van der Waals surface area contributed by atoms with Crippen LogP contribution in [0.2, 0.25) is 0 Å². The number of nitrogens with one attached hydrogen (secondary N) is 2. The van der Waals surface area contributed by atoms with Crippen LogP contribution >= 0.6 is 0 Å². The van der Waals surface area contributed by atoms with Gasteiger partial charge in [-0.15, -0.1) is 0 Å². The van der Waals surface area contributed by atoms with Crippen LogP contribution in [0.5, 0.6) is 0 Å². The smallest absolute Gasteiger partial charge is 0.407 e. The molecule has 0 aliphatic heterocycles. The van der Waals surface area contributed by atoms with Crippen LogP contribution in [0.4, 0.5) is 4.79 Å². The van der Waals surface area contributed by atoms with Gasteiger partial charge in [0, 0.05) is 6.54 Å². The molecule has 4 N–H and O–H groups in total. The van der Waals surface area contributed by atoms with Crippen molar-refractivity contribution < 1.29 is 23.9 Å². The molecule has 0 aromatic heterocycles. The van der Waals surface area contributed by atoms with Crippen LogP contribution in [-0.4, -0.2) is 48.8 Å². The van der Waals surface area contributed by atoms with E-state index in [9.17, 15) is 14.4 Å². The molecule has 0 aliphatic carbocycles. The maximum atomic E-state index is 12.3. The molecule has 0 rings (SSSR count). The van der Waals surface area contributed by atoms with E-state index >= 15 is 0 Å². The minimum absolute atomic E-state index is 0.0326. The molecule has 0 unspecified atom stereocenters. The topological polar surface area (TPSA) is 120 Å². The van der Waals surface area contributed by atoms with Crippen molar-refractivity contribution in [3.8, 4) is 0 Å². The number of hydrogen-bond acceptors (Lipinski definition) is 6. The molecule has 0 aliphatic rings. The summed E-state index contributed by atoms with van der Waals surface area (Å²) in [7, 11) is 0. The molecule has 164 valence electrons. The molecule has 0 saturated carbocycles. The molecule has 8 nitrogen and oxygen atoms in total. The van der Waals surface area contributed by atoms with Gasteiger partial charge in [-0.2, -0.15) is 0 Å². The molecule has 0 bridgehead atoms. The summed E-state index contributed by atoms with van der Waals surface area (Å²) < 4.78 is 10.4. The van der Waals surface area contributed by atoms with Crippen molar-refractivity contribution >= 4 is 18.0 Å². The zero-order valence-electron chi connectivity index (χ0n) is 18.3. The largest absolute Gasteiger partial charge is 0.464 e. The Balaban J connectivity index is 4.49. The van der Waals surface area contributed by atoms with Gasteiger partial charge in [0.25, 0.3) is 0 Å². The minimum Gasteiger partial charge on any atom is -0.464 e. The Kier molecular flexibility index (Phi) is 12.5. The van der Waals surface area contributed by atoms with E-state index in [1.165, 1.54) is 0 Å². The Morgan fingerprint density at radius 3 is 2.25 bits per heavy atom. The zero-order chi connectivity index (χ0) is 21.7. The maximum Gasteiger partial charge on any atom is 0.407 e. The first-order valence-corrected chi connectivity index (χ1v) is 10.2. The standard InChI is InChI=1S/C20H39N3O5/c1-7-8-13-27-18(25)15(23-17(24)16(21)14(2)3)11-9-10-12-22-19(26)28-20(4,5)6/h14-16H,7-13,21H2,1-6H3,(H,22,26)(H,23,24)/t15-,16-/m0/s1. The molecule has 0 aromatic carbocycles. The SMILES string of the molecule is CCCCOC(=O)[C@H](CCCCNC(=O)OC(C)(C)C)NC(=O)[C@@H](N)C(C)C. The fourth-order valence-corrected chi connectivity index (χ4v) is 2.22. The Morgan fingerprint density at radius 1 is 1.07 bits per heavy atom. The lowest BCUT2D eigenvalue weighted by molar-refractivity contribution is -0.148. The molecule has 2 atom stereocenters. The fourth-order valence-electron chi connectivity index (χ4n) is 2.22. The predicted molar refractivity (Wildman–Crippen MR) is 109 cm³/mol. The second-order valence-electron chi connectivity index (χ2n) is 8.28. The van der Waals surface area contributed by atoms with Crippen LogP contribution in [0.15, 0.2) is 0 Å². The third-order valence-electron chi connectivity index (χ3n) is 3.95. The van der Waals surface area contributed by atoms with Crippen LogP contribution < -0.4 is 16.4 Å². The highest BCUT2D eigenvalue weighted by Crippen LogP contribution is 2.08. The van der Waals surface area contributed by atoms with Crippen molar-refractivity contribution in [2.75, 3.05) is 13.2 Å². The first-order valence-electron chi connectivity index (χ1n) is 10.2. The van der Waals surface area contributed by atoms with Crippen molar-refractivity contribution in [1.82, 2.24) is 10.6 Å². The molecule has 0 fully saturated rings. The number of alkyl carbamates (subject to hydrolysis) is 1. The monoisotopic (exact) mass is 401 g/mol. The van der Waals surface area contributed by atoms with Crippen LogP contribution in [0, 0.1) is 5.92 Å². The van der Waals surface area contributed by atoms with Gasteiger partial charge in [-0.25, -0.2) is 9.59 Å². The maximum absolute atomic E-state index is 12.3. The highest BCUT2D eigenvalue weighted by Gasteiger charge is 2.26. The number of ether oxygens (including phenoxy) is 2. The Bertz CT molecular complexity index is 489. The van der Waals surface area contributed by atoms with Gasteiger partial charge >= 0.3 is 12.1 Å². The quantitative estimate of drug-likeness (QED) is 0.341. The van der Waals surface area contributed by atoms with Gasteiger partial charge < -0.3 is 25.8 Å². The molecule has 0 saturated heterocycles. The molecule has 0 radical (unpaired) electrons. The van der Waals surface area contributed by atoms with Crippen LogP contribution in [0.3, 0.4) is 0 Å². The van der Waals surface area contributed by atoms with Gasteiger partial charge in [0.05, 0.1) is 12.6 Å². The summed E-state index contributed by atoms with van der Waals surface area (Å²) >= 11 is 0. The third kappa shape index (κ3) is 12.5. The summed E-state index contributed by atoms with van der Waals surface area (Å²) in [6.45, 7) is 11.8. The average Bonchev–Trinajstić information content (AvgIpc) is 2.57. The zero-order valence-corrected chi connectivity index (χ0v) is 18.3. The van der Waals surface area contributed by atoms with Crippen molar-refractivity contribution in [3.63, 3.8) is 0 Å². The van der Waals surface area contributed by atoms with Crippen LogP contribution in [0.25, 0.3) is 0 Å². The lowest BCUT2D eigenvalue weighted by Gasteiger charge is -2.22. The Hall–Kier alpha value is -1.83. The number of rotatable bonds is 12. The van der Waals surface area contributed by atoms with E-state index in [1.807, 2.05) is 20.8 Å². The van der Waals surface area contributed by atoms with Crippen LogP contribution in [0.1, 0.15) is 73.6 Å². The Labute approximate surface area is 169 Å². The second-order valence-corrected chi connectivity index (χ2v) is 8.28. The number of carbonyl (C=O) groups excluding carboxylic acids is 3. The van der Waals surface area contributed by atoms with Gasteiger partial charge in [0.1, 0.15) is 11.6 Å². The number of carbonyl (C=O) groups is 3. The van der Waals surface area contributed by atoms with Crippen molar-refractivity contribution in [3.05, 3.63) is 0 Å². The number of hydrogen-bond donors (Lipinski definition) is 3. The molecule has 28 heavy (non-hydrogen) atoms. The minimum atomic E-state index is -0.740. The Morgan fingerprint density at radius 2 is 1.71 bits per heavy atom. The van der Waals surface area contributed by atoms with E-state index in [0.717, 1.165) is 12.8 Å². The first kappa shape index (κ1) is 26.2. The molecule has 2 amide bonds. The molecule has 0 heterocycles. The van der Waals surface area contributed by atoms with Gasteiger partial charge in [-0.1, -0.05) is 27.2 Å². The molecular formula is C20H39N3O5. The van der Waals surface area contributed by atoms with E-state index in [0.29, 0.717) is 32.4 Å². The molecule has 8 heteroatoms. The summed E-state index contributed by atoms with van der Waals surface area (Å²) in [5, 5.41) is 5.38. The van der Waals surface area contributed by atoms with E-state index in [1.54, 1.807) is 20.8 Å². The highest BCUT2D eigenvalue weighted by atomic mass is 16.6. The van der Waals surface area contributed by atoms with Crippen LogP contribution in [-0.2, 0) is 19.1 Å². The van der Waals surface area contributed by atoms with Gasteiger partial charge in [0.2, 0.25) is 5.91 Å². The van der Waals surface area contributed by atoms with Gasteiger partial charge in [0.15, 0.2) is 0 Å². The second kappa shape index (κ2) is 13.4. The fraction of sp³-hybridized carbons (Fsp3) is 0.850.